The van der Waals surface area contributed by atoms with Crippen molar-refractivity contribution >= 4 is 11.8 Å². The maximum absolute atomic E-state index is 8.92. The molecule has 2 heteroatoms. The molecule has 1 aromatic rings. The molecule has 0 spiro atoms. The molecule has 0 bridgehead atoms. The summed E-state index contributed by atoms with van der Waals surface area (Å²) in [5.41, 5.74) is 2.61. The molecule has 0 heterocycles. The highest BCUT2D eigenvalue weighted by Crippen LogP contribution is 2.35. The van der Waals surface area contributed by atoms with Crippen molar-refractivity contribution in [3.63, 3.8) is 0 Å². The lowest BCUT2D eigenvalue weighted by atomic mass is 9.99. The maximum Gasteiger partial charge on any atom is 0.0923 e. The highest BCUT2D eigenvalue weighted by Gasteiger charge is 2.10. The third-order valence-corrected chi connectivity index (χ3v) is 4.16. The van der Waals surface area contributed by atoms with Crippen LogP contribution in [0.15, 0.2) is 51.8 Å². The summed E-state index contributed by atoms with van der Waals surface area (Å²) >= 11 is 1.70. The van der Waals surface area contributed by atoms with E-state index >= 15 is 0 Å². The van der Waals surface area contributed by atoms with Crippen LogP contribution < -0.4 is 0 Å². The van der Waals surface area contributed by atoms with Crippen molar-refractivity contribution in [3.05, 3.63) is 52.5 Å². The summed E-state index contributed by atoms with van der Waals surface area (Å²) < 4.78 is 0. The fraction of sp³-hybridized carbons (Fsp3) is 0.312. The van der Waals surface area contributed by atoms with Crippen LogP contribution in [0, 0.1) is 18.3 Å². The Bertz CT molecular complexity index is 503. The van der Waals surface area contributed by atoms with Crippen molar-refractivity contribution in [1.29, 1.82) is 5.26 Å². The summed E-state index contributed by atoms with van der Waals surface area (Å²) in [5.74, 6) is 0. The molecule has 1 nitrogen and oxygen atoms in total. The molecule has 0 atom stereocenters. The second-order valence-corrected chi connectivity index (χ2v) is 5.64. The molecule has 0 saturated heterocycles. The summed E-state index contributed by atoms with van der Waals surface area (Å²) in [6.07, 6.45) is 8.73. The van der Waals surface area contributed by atoms with Crippen molar-refractivity contribution in [2.45, 2.75) is 37.5 Å². The fourth-order valence-corrected chi connectivity index (χ4v) is 3.00. The highest BCUT2D eigenvalue weighted by atomic mass is 32.2. The average Bonchev–Trinajstić information content (AvgIpc) is 2.42. The number of rotatable bonds is 3. The summed E-state index contributed by atoms with van der Waals surface area (Å²) in [6.45, 7) is 2.09. The van der Waals surface area contributed by atoms with Gasteiger partial charge in [0.2, 0.25) is 0 Å². The van der Waals surface area contributed by atoms with Crippen LogP contribution in [0.2, 0.25) is 0 Å². The largest absolute Gasteiger partial charge is 0.193 e. The topological polar surface area (TPSA) is 23.8 Å². The Kier molecular flexibility index (Phi) is 4.66. The van der Waals surface area contributed by atoms with Gasteiger partial charge in [-0.3, -0.25) is 0 Å². The lowest BCUT2D eigenvalue weighted by Crippen LogP contribution is -1.93. The number of nitrogens with zero attached hydrogens (tertiary/aromatic N) is 1. The second kappa shape index (κ2) is 6.47. The van der Waals surface area contributed by atoms with Crippen molar-refractivity contribution in [2.24, 2.45) is 0 Å². The van der Waals surface area contributed by atoms with E-state index in [4.69, 9.17) is 5.26 Å². The van der Waals surface area contributed by atoms with Crippen LogP contribution in [0.5, 0.6) is 0 Å². The smallest absolute Gasteiger partial charge is 0.0923 e. The van der Waals surface area contributed by atoms with E-state index in [2.05, 4.69) is 43.3 Å². The van der Waals surface area contributed by atoms with Crippen LogP contribution in [-0.4, -0.2) is 0 Å². The van der Waals surface area contributed by atoms with Gasteiger partial charge in [0.15, 0.2) is 0 Å². The Morgan fingerprint density at radius 3 is 2.67 bits per heavy atom. The minimum atomic E-state index is 1.10. The van der Waals surface area contributed by atoms with Crippen molar-refractivity contribution in [2.75, 3.05) is 0 Å². The minimum absolute atomic E-state index is 1.10. The summed E-state index contributed by atoms with van der Waals surface area (Å²) in [4.78, 5) is 2.31. The number of hydrogen-bond donors (Lipinski definition) is 0. The molecule has 0 aliphatic heterocycles. The van der Waals surface area contributed by atoms with Crippen LogP contribution in [0.3, 0.4) is 0 Å². The fourth-order valence-electron chi connectivity index (χ4n) is 2.04. The standard InChI is InChI=1S/C16H17NS/c1-13-7-9-15(10-8-13)18-16(11-12-17)14-5-3-2-4-6-14/h5,7-11H,2-4,6H2,1H3/b16-11-. The summed E-state index contributed by atoms with van der Waals surface area (Å²) in [7, 11) is 0. The van der Waals surface area contributed by atoms with Gasteiger partial charge in [0.1, 0.15) is 0 Å². The number of allylic oxidation sites excluding steroid dienone is 3. The first-order chi connectivity index (χ1) is 8.79. The minimum Gasteiger partial charge on any atom is -0.193 e. The number of benzene rings is 1. The Hall–Kier alpha value is -1.46. The molecule has 1 aliphatic carbocycles. The summed E-state index contributed by atoms with van der Waals surface area (Å²) in [5, 5.41) is 8.92. The molecule has 0 N–H and O–H groups in total. The monoisotopic (exact) mass is 255 g/mol. The third-order valence-electron chi connectivity index (χ3n) is 3.05. The average molecular weight is 255 g/mol. The first kappa shape index (κ1) is 13.0. The maximum atomic E-state index is 8.92. The number of hydrogen-bond acceptors (Lipinski definition) is 2. The number of thioether (sulfide) groups is 1. The first-order valence-electron chi connectivity index (χ1n) is 6.33. The van der Waals surface area contributed by atoms with Crippen LogP contribution in [0.4, 0.5) is 0 Å². The van der Waals surface area contributed by atoms with Crippen LogP contribution >= 0.6 is 11.8 Å². The van der Waals surface area contributed by atoms with Gasteiger partial charge in [-0.1, -0.05) is 35.5 Å². The molecule has 0 aromatic heterocycles. The second-order valence-electron chi connectivity index (χ2n) is 4.53. The zero-order valence-electron chi connectivity index (χ0n) is 10.6. The number of aryl methyl sites for hydroxylation is 1. The Morgan fingerprint density at radius 2 is 2.06 bits per heavy atom. The van der Waals surface area contributed by atoms with Gasteiger partial charge in [-0.25, -0.2) is 0 Å². The predicted molar refractivity (Wildman–Crippen MR) is 77.3 cm³/mol. The van der Waals surface area contributed by atoms with Gasteiger partial charge in [0, 0.05) is 15.9 Å². The van der Waals surface area contributed by atoms with Gasteiger partial charge in [0.05, 0.1) is 6.07 Å². The van der Waals surface area contributed by atoms with E-state index < -0.39 is 0 Å². The van der Waals surface area contributed by atoms with Crippen molar-refractivity contribution < 1.29 is 0 Å². The van der Waals surface area contributed by atoms with Crippen LogP contribution in [0.25, 0.3) is 0 Å². The molecule has 0 fully saturated rings. The molecule has 1 aliphatic rings. The highest BCUT2D eigenvalue weighted by molar-refractivity contribution is 8.03. The van der Waals surface area contributed by atoms with Gasteiger partial charge < -0.3 is 0 Å². The SMILES string of the molecule is Cc1ccc(S/C(=C\C#N)C2=CCCCC2)cc1. The molecular formula is C16H17NS. The lowest BCUT2D eigenvalue weighted by Gasteiger charge is -2.15. The van der Waals surface area contributed by atoms with Gasteiger partial charge in [0.25, 0.3) is 0 Å². The summed E-state index contributed by atoms with van der Waals surface area (Å²) in [6, 6.07) is 10.6. The molecule has 0 unspecified atom stereocenters. The zero-order valence-corrected chi connectivity index (χ0v) is 11.5. The van der Waals surface area contributed by atoms with E-state index in [1.807, 2.05) is 0 Å². The van der Waals surface area contributed by atoms with E-state index in [1.54, 1.807) is 17.8 Å². The normalized spacial score (nSPS) is 16.0. The van der Waals surface area contributed by atoms with Crippen LogP contribution in [0.1, 0.15) is 31.2 Å². The number of nitriles is 1. The molecule has 1 aromatic carbocycles. The molecule has 92 valence electrons. The van der Waals surface area contributed by atoms with E-state index in [0.717, 1.165) is 17.7 Å². The Morgan fingerprint density at radius 1 is 1.28 bits per heavy atom. The molecule has 0 radical (unpaired) electrons. The molecule has 2 rings (SSSR count). The van der Waals surface area contributed by atoms with E-state index in [1.165, 1.54) is 28.9 Å². The van der Waals surface area contributed by atoms with Crippen molar-refractivity contribution in [1.82, 2.24) is 0 Å². The van der Waals surface area contributed by atoms with Gasteiger partial charge in [-0.2, -0.15) is 5.26 Å². The zero-order chi connectivity index (χ0) is 12.8. The lowest BCUT2D eigenvalue weighted by molar-refractivity contribution is 0.710. The molecule has 18 heavy (non-hydrogen) atoms. The van der Waals surface area contributed by atoms with Crippen LogP contribution in [-0.2, 0) is 0 Å². The van der Waals surface area contributed by atoms with E-state index in [-0.39, 0.29) is 0 Å². The Balaban J connectivity index is 2.17. The first-order valence-corrected chi connectivity index (χ1v) is 7.15. The van der Waals surface area contributed by atoms with E-state index in [0.29, 0.717) is 0 Å². The predicted octanol–water partition coefficient (Wildman–Crippen LogP) is 5.00. The van der Waals surface area contributed by atoms with Gasteiger partial charge in [-0.15, -0.1) is 0 Å². The third kappa shape index (κ3) is 3.51. The van der Waals surface area contributed by atoms with Gasteiger partial charge in [-0.05, 0) is 50.3 Å². The molecular weight excluding hydrogens is 238 g/mol. The van der Waals surface area contributed by atoms with Crippen molar-refractivity contribution in [3.8, 4) is 6.07 Å². The van der Waals surface area contributed by atoms with Gasteiger partial charge >= 0.3 is 0 Å². The quantitative estimate of drug-likeness (QED) is 0.561. The molecule has 0 saturated carbocycles. The van der Waals surface area contributed by atoms with E-state index in [9.17, 15) is 0 Å². The molecule has 0 amide bonds. The Labute approximate surface area is 113 Å².